The van der Waals surface area contributed by atoms with Crippen LogP contribution in [0.5, 0.6) is 5.75 Å². The zero-order chi connectivity index (χ0) is 24.2. The third-order valence-electron chi connectivity index (χ3n) is 6.93. The van der Waals surface area contributed by atoms with Crippen molar-refractivity contribution in [3.05, 3.63) is 66.6 Å². The molecule has 4 aromatic rings. The van der Waals surface area contributed by atoms with Gasteiger partial charge in [-0.25, -0.2) is 0 Å². The number of fused-ring (bicyclic) bond motifs is 1. The molecule has 5 rings (SSSR count). The monoisotopic (exact) mass is 470 g/mol. The summed E-state index contributed by atoms with van der Waals surface area (Å²) in [7, 11) is 2.19. The normalized spacial score (nSPS) is 14.9. The van der Waals surface area contributed by atoms with Crippen LogP contribution in [0.1, 0.15) is 18.4 Å². The van der Waals surface area contributed by atoms with Crippen molar-refractivity contribution < 1.29 is 4.74 Å². The van der Waals surface area contributed by atoms with Gasteiger partial charge in [-0.2, -0.15) is 0 Å². The third kappa shape index (κ3) is 5.26. The summed E-state index contributed by atoms with van der Waals surface area (Å²) in [4.78, 5) is 9.99. The van der Waals surface area contributed by atoms with E-state index in [1.54, 1.807) is 6.20 Å². The number of ether oxygens (including phenoxy) is 1. The number of nitrogens with zero attached hydrogens (tertiary/aromatic N) is 2. The minimum absolute atomic E-state index is 0.598. The maximum atomic E-state index is 6.36. The highest BCUT2D eigenvalue weighted by Crippen LogP contribution is 2.36. The number of H-pyrrole nitrogens is 1. The van der Waals surface area contributed by atoms with Crippen molar-refractivity contribution in [1.29, 1.82) is 0 Å². The highest BCUT2D eigenvalue weighted by molar-refractivity contribution is 5.93. The van der Waals surface area contributed by atoms with Crippen molar-refractivity contribution >= 4 is 28.0 Å². The fraction of sp³-hybridized carbons (Fsp3) is 0.321. The largest absolute Gasteiger partial charge is 0.492 e. The van der Waals surface area contributed by atoms with Crippen molar-refractivity contribution in [1.82, 2.24) is 20.2 Å². The molecule has 1 saturated heterocycles. The summed E-state index contributed by atoms with van der Waals surface area (Å²) in [6.07, 6.45) is 7.90. The predicted molar refractivity (Wildman–Crippen MR) is 144 cm³/mol. The Balaban J connectivity index is 1.25. The Hall–Kier alpha value is -3.55. The van der Waals surface area contributed by atoms with Gasteiger partial charge in [-0.05, 0) is 81.4 Å². The first kappa shape index (κ1) is 23.2. The molecule has 0 unspecified atom stereocenters. The molecule has 1 aliphatic rings. The molecule has 35 heavy (non-hydrogen) atoms. The lowest BCUT2D eigenvalue weighted by molar-refractivity contribution is 0.224. The predicted octanol–water partition coefficient (Wildman–Crippen LogP) is 4.93. The second kappa shape index (κ2) is 10.4. The number of rotatable bonds is 8. The number of anilines is 3. The number of likely N-dealkylation sites (tertiary alicyclic amines) is 1. The maximum Gasteiger partial charge on any atom is 0.119 e. The van der Waals surface area contributed by atoms with Crippen molar-refractivity contribution in [2.75, 3.05) is 44.3 Å². The van der Waals surface area contributed by atoms with Gasteiger partial charge in [0.25, 0.3) is 0 Å². The lowest BCUT2D eigenvalue weighted by Gasteiger charge is -2.29. The van der Waals surface area contributed by atoms with Gasteiger partial charge in [-0.1, -0.05) is 12.1 Å². The number of piperidine rings is 1. The van der Waals surface area contributed by atoms with E-state index in [9.17, 15) is 0 Å². The molecular formula is C28H34N6O. The zero-order valence-corrected chi connectivity index (χ0v) is 20.5. The van der Waals surface area contributed by atoms with Crippen LogP contribution in [0.4, 0.5) is 17.1 Å². The number of nitrogens with one attached hydrogen (secondary N) is 3. The quantitative estimate of drug-likeness (QED) is 0.273. The molecule has 7 nitrogen and oxygen atoms in total. The Kier molecular flexibility index (Phi) is 6.88. The summed E-state index contributed by atoms with van der Waals surface area (Å²) in [6, 6.07) is 15.0. The lowest BCUT2D eigenvalue weighted by Crippen LogP contribution is -2.42. The smallest absolute Gasteiger partial charge is 0.119 e. The second-order valence-corrected chi connectivity index (χ2v) is 9.36. The first-order valence-electron chi connectivity index (χ1n) is 12.3. The van der Waals surface area contributed by atoms with Crippen molar-refractivity contribution in [3.8, 4) is 16.9 Å². The fourth-order valence-electron chi connectivity index (χ4n) is 4.76. The average Bonchev–Trinajstić information content (AvgIpc) is 3.36. The molecular weight excluding hydrogens is 436 g/mol. The van der Waals surface area contributed by atoms with Gasteiger partial charge in [0.05, 0.1) is 17.6 Å². The van der Waals surface area contributed by atoms with E-state index in [2.05, 4.69) is 69.8 Å². The van der Waals surface area contributed by atoms with Gasteiger partial charge >= 0.3 is 0 Å². The van der Waals surface area contributed by atoms with E-state index < -0.39 is 0 Å². The van der Waals surface area contributed by atoms with Crippen LogP contribution in [0.15, 0.2) is 61.1 Å². The number of aromatic nitrogens is 2. The molecule has 2 aromatic carbocycles. The van der Waals surface area contributed by atoms with Crippen LogP contribution in [-0.4, -0.2) is 54.2 Å². The van der Waals surface area contributed by atoms with Crippen LogP contribution in [0.25, 0.3) is 22.0 Å². The van der Waals surface area contributed by atoms with Gasteiger partial charge in [0.15, 0.2) is 0 Å². The van der Waals surface area contributed by atoms with Crippen LogP contribution in [0.3, 0.4) is 0 Å². The van der Waals surface area contributed by atoms with E-state index in [1.165, 1.54) is 23.8 Å². The molecule has 0 aliphatic carbocycles. The van der Waals surface area contributed by atoms with Crippen LogP contribution in [0.2, 0.25) is 0 Å². The first-order valence-corrected chi connectivity index (χ1v) is 12.3. The lowest BCUT2D eigenvalue weighted by atomic mass is 10.0. The summed E-state index contributed by atoms with van der Waals surface area (Å²) in [6.45, 7) is 5.95. The van der Waals surface area contributed by atoms with Crippen LogP contribution in [0, 0.1) is 6.92 Å². The second-order valence-electron chi connectivity index (χ2n) is 9.36. The van der Waals surface area contributed by atoms with E-state index in [0.717, 1.165) is 53.4 Å². The molecule has 0 bridgehead atoms. The van der Waals surface area contributed by atoms with Crippen LogP contribution in [-0.2, 0) is 0 Å². The number of aromatic amines is 1. The molecule has 1 fully saturated rings. The van der Waals surface area contributed by atoms with Gasteiger partial charge in [0.1, 0.15) is 12.4 Å². The molecule has 0 amide bonds. The first-order chi connectivity index (χ1) is 17.1. The topological polar surface area (TPSA) is 91.2 Å². The summed E-state index contributed by atoms with van der Waals surface area (Å²) < 4.78 is 5.98. The van der Waals surface area contributed by atoms with E-state index in [-0.39, 0.29) is 0 Å². The minimum atomic E-state index is 0.598. The summed E-state index contributed by atoms with van der Waals surface area (Å²) in [5, 5.41) is 8.37. The number of hydrogen-bond donors (Lipinski definition) is 4. The zero-order valence-electron chi connectivity index (χ0n) is 20.5. The van der Waals surface area contributed by atoms with Crippen LogP contribution >= 0.6 is 0 Å². The SMILES string of the molecule is Cc1c(Nc2c(N)cncc2-c2ccc(OCCNC3CCN(C)CC3)cc2)ccc2[nH]ccc12. The average molecular weight is 471 g/mol. The van der Waals surface area contributed by atoms with Gasteiger partial charge in [-0.3, -0.25) is 4.98 Å². The van der Waals surface area contributed by atoms with Crippen LogP contribution < -0.4 is 21.1 Å². The Morgan fingerprint density at radius 3 is 2.69 bits per heavy atom. The van der Waals surface area contributed by atoms with E-state index >= 15 is 0 Å². The molecule has 0 radical (unpaired) electrons. The minimum Gasteiger partial charge on any atom is -0.492 e. The van der Waals surface area contributed by atoms with Crippen molar-refractivity contribution in [3.63, 3.8) is 0 Å². The number of aryl methyl sites for hydroxylation is 1. The number of nitrogens with two attached hydrogens (primary N) is 1. The van der Waals surface area contributed by atoms with Crippen molar-refractivity contribution in [2.24, 2.45) is 0 Å². The number of nitrogen functional groups attached to an aromatic ring is 1. The fourth-order valence-corrected chi connectivity index (χ4v) is 4.76. The molecule has 7 heteroatoms. The summed E-state index contributed by atoms with van der Waals surface area (Å²) >= 11 is 0. The molecule has 5 N–H and O–H groups in total. The number of benzene rings is 2. The Morgan fingerprint density at radius 2 is 1.89 bits per heavy atom. The highest BCUT2D eigenvalue weighted by Gasteiger charge is 2.16. The molecule has 2 aromatic heterocycles. The molecule has 1 aliphatic heterocycles. The summed E-state index contributed by atoms with van der Waals surface area (Å²) in [5.41, 5.74) is 13.1. The van der Waals surface area contributed by atoms with Gasteiger partial charge in [0, 0.05) is 47.1 Å². The van der Waals surface area contributed by atoms with E-state index in [4.69, 9.17) is 10.5 Å². The van der Waals surface area contributed by atoms with Gasteiger partial charge in [-0.15, -0.1) is 0 Å². The summed E-state index contributed by atoms with van der Waals surface area (Å²) in [5.74, 6) is 0.860. The standard InChI is InChI=1S/C28H34N6O/c1-19-23-9-12-32-27(23)8-7-26(19)33-28-24(17-30-18-25(28)29)20-3-5-22(6-4-20)35-16-13-31-21-10-14-34(2)15-11-21/h3-9,12,17-18,21,31-32H,10-11,13-16,29H2,1-2H3,(H,30,33). The number of hydrogen-bond acceptors (Lipinski definition) is 6. The number of pyridine rings is 1. The Bertz CT molecular complexity index is 1270. The molecule has 0 atom stereocenters. The Morgan fingerprint density at radius 1 is 1.09 bits per heavy atom. The highest BCUT2D eigenvalue weighted by atomic mass is 16.5. The molecule has 0 saturated carbocycles. The molecule has 182 valence electrons. The maximum absolute atomic E-state index is 6.36. The van der Waals surface area contributed by atoms with E-state index in [0.29, 0.717) is 18.3 Å². The van der Waals surface area contributed by atoms with Crippen molar-refractivity contribution in [2.45, 2.75) is 25.8 Å². The molecule has 3 heterocycles. The van der Waals surface area contributed by atoms with Gasteiger partial charge < -0.3 is 31.0 Å². The van der Waals surface area contributed by atoms with E-state index in [1.807, 2.05) is 24.5 Å². The third-order valence-corrected chi connectivity index (χ3v) is 6.93. The van der Waals surface area contributed by atoms with Gasteiger partial charge in [0.2, 0.25) is 0 Å². The molecule has 0 spiro atoms. The Labute approximate surface area is 206 Å².